The summed E-state index contributed by atoms with van der Waals surface area (Å²) >= 11 is 0. The molecule has 11 rings (SSSR count). The normalized spacial score (nSPS) is 14.7. The van der Waals surface area contributed by atoms with Gasteiger partial charge in [-0.25, -0.2) is 9.78 Å². The lowest BCUT2D eigenvalue weighted by Crippen LogP contribution is -2.40. The van der Waals surface area contributed by atoms with E-state index in [0.29, 0.717) is 139 Å². The first-order chi connectivity index (χ1) is 44.1. The maximum absolute atomic E-state index is 13.9. The zero-order valence-electron chi connectivity index (χ0n) is 52.8. The van der Waals surface area contributed by atoms with Crippen LogP contribution in [0.1, 0.15) is 129 Å². The Morgan fingerprint density at radius 2 is 1.27 bits per heavy atom. The molecule has 0 aliphatic carbocycles. The van der Waals surface area contributed by atoms with Gasteiger partial charge >= 0.3 is 12.1 Å². The van der Waals surface area contributed by atoms with E-state index in [1.54, 1.807) is 20.4 Å². The molecule has 0 saturated carbocycles. The molecule has 2 aromatic carbocycles. The molecule has 8 aromatic rings. The quantitative estimate of drug-likeness (QED) is 0.0417. The van der Waals surface area contributed by atoms with Crippen LogP contribution in [0.2, 0.25) is 0 Å². The lowest BCUT2D eigenvalue weighted by atomic mass is 9.84. The van der Waals surface area contributed by atoms with Gasteiger partial charge in [-0.3, -0.25) is 48.9 Å². The van der Waals surface area contributed by atoms with Crippen molar-refractivity contribution in [3.05, 3.63) is 207 Å². The number of nitrogens with one attached hydrogen (secondary N) is 1. The Kier molecular flexibility index (Phi) is 20.3. The number of fused-ring (bicyclic) bond motifs is 5. The molecular formula is C72H81N11O8. The molecule has 1 fully saturated rings. The van der Waals surface area contributed by atoms with Gasteiger partial charge in [-0.15, -0.1) is 0 Å². The van der Waals surface area contributed by atoms with Gasteiger partial charge in [-0.1, -0.05) is 65.0 Å². The lowest BCUT2D eigenvalue weighted by Gasteiger charge is -2.28. The number of hydrogen-bond donors (Lipinski definition) is 1. The Hall–Kier alpha value is -9.20. The average molecular weight is 1230 g/mol. The second-order valence-electron chi connectivity index (χ2n) is 25.2. The summed E-state index contributed by atoms with van der Waals surface area (Å²) in [5.74, 6) is 0.0688. The minimum atomic E-state index is -0.611. The van der Waals surface area contributed by atoms with Crippen LogP contribution >= 0.6 is 0 Å². The van der Waals surface area contributed by atoms with Crippen molar-refractivity contribution < 1.29 is 33.4 Å². The summed E-state index contributed by atoms with van der Waals surface area (Å²) in [5.41, 5.74) is 10.6. The van der Waals surface area contributed by atoms with E-state index in [4.69, 9.17) is 19.2 Å². The maximum atomic E-state index is 13.9. The predicted molar refractivity (Wildman–Crippen MR) is 346 cm³/mol. The smallest absolute Gasteiger partial charge is 0.415 e. The predicted octanol–water partition coefficient (Wildman–Crippen LogP) is 10.6. The molecule has 19 nitrogen and oxygen atoms in total. The molecule has 1 atom stereocenters. The summed E-state index contributed by atoms with van der Waals surface area (Å²) in [4.78, 5) is 99.6. The van der Waals surface area contributed by atoms with Crippen LogP contribution in [-0.4, -0.2) is 112 Å². The summed E-state index contributed by atoms with van der Waals surface area (Å²) < 4.78 is 19.7. The Balaban J connectivity index is 0.664. The number of pyridine rings is 6. The van der Waals surface area contributed by atoms with Crippen molar-refractivity contribution in [3.8, 4) is 22.9 Å². The number of aryl methyl sites for hydroxylation is 1. The molecule has 6 aromatic heterocycles. The first-order valence-corrected chi connectivity index (χ1v) is 31.8. The molecular weight excluding hydrogens is 1150 g/mol. The third-order valence-corrected chi connectivity index (χ3v) is 17.2. The third kappa shape index (κ3) is 16.1. The highest BCUT2D eigenvalue weighted by Crippen LogP contribution is 2.41. The number of carbonyl (C=O) groups is 4. The Bertz CT molecular complexity index is 3730. The standard InChI is InChI=1S/C72H81N11O8/c1-6-58-59-37-56(22-23-63(59)78-68-61(58)47-83-64(68)38-60-62(69(83)86)48-90-70(87)67(60)49(2)3)91-71(88)82-30-17-29-81(31-32-82)66(85)40-72(4,5)39-65(84)77-28-15-16-33-89-57-35-50(41-79(43-52-18-7-11-24-73-52)44-53-19-8-12-25-74-53)34-51(36-57)42-80(45-54-20-9-13-26-75-54)46-55-21-10-14-27-76-55/h7-14,18-27,34-38,49,67H,6,15-17,28-33,39-48H2,1-5H3,(H,77,84). The van der Waals surface area contributed by atoms with Gasteiger partial charge in [0.2, 0.25) is 11.8 Å². The second kappa shape index (κ2) is 29.2. The Morgan fingerprint density at radius 3 is 1.85 bits per heavy atom. The van der Waals surface area contributed by atoms with Crippen LogP contribution in [0, 0.1) is 11.3 Å². The monoisotopic (exact) mass is 1230 g/mol. The summed E-state index contributed by atoms with van der Waals surface area (Å²) in [5, 5.41) is 3.92. The molecule has 9 heterocycles. The Morgan fingerprint density at radius 1 is 0.681 bits per heavy atom. The summed E-state index contributed by atoms with van der Waals surface area (Å²) in [6.07, 6.45) is 9.79. The van der Waals surface area contributed by atoms with E-state index in [1.165, 1.54) is 0 Å². The van der Waals surface area contributed by atoms with Gasteiger partial charge < -0.3 is 33.9 Å². The molecule has 3 aliphatic rings. The van der Waals surface area contributed by atoms with E-state index in [0.717, 1.165) is 61.9 Å². The van der Waals surface area contributed by atoms with Crippen molar-refractivity contribution in [2.24, 2.45) is 11.3 Å². The average Bonchev–Trinajstić information content (AvgIpc) is 1.61. The first-order valence-electron chi connectivity index (χ1n) is 31.8. The zero-order chi connectivity index (χ0) is 63.4. The molecule has 472 valence electrons. The van der Waals surface area contributed by atoms with Gasteiger partial charge in [0.25, 0.3) is 5.56 Å². The van der Waals surface area contributed by atoms with Crippen molar-refractivity contribution >= 4 is 34.8 Å². The number of rotatable bonds is 25. The third-order valence-electron chi connectivity index (χ3n) is 17.2. The van der Waals surface area contributed by atoms with Crippen molar-refractivity contribution in [2.75, 3.05) is 39.3 Å². The fraction of sp³-hybridized carbons (Fsp3) is 0.389. The summed E-state index contributed by atoms with van der Waals surface area (Å²) in [6, 6.07) is 37.8. The number of benzene rings is 2. The van der Waals surface area contributed by atoms with Gasteiger partial charge in [-0.05, 0) is 144 Å². The molecule has 91 heavy (non-hydrogen) atoms. The molecule has 1 saturated heterocycles. The van der Waals surface area contributed by atoms with E-state index in [2.05, 4.69) is 60.2 Å². The molecule has 3 aliphatic heterocycles. The Labute approximate surface area is 531 Å². The van der Waals surface area contributed by atoms with Gasteiger partial charge in [0.1, 0.15) is 18.1 Å². The summed E-state index contributed by atoms with van der Waals surface area (Å²) in [7, 11) is 0. The van der Waals surface area contributed by atoms with Gasteiger partial charge in [0, 0.05) is 121 Å². The number of esters is 1. The van der Waals surface area contributed by atoms with Gasteiger partial charge in [0.15, 0.2) is 0 Å². The fourth-order valence-electron chi connectivity index (χ4n) is 12.8. The van der Waals surface area contributed by atoms with E-state index in [-0.39, 0.29) is 48.7 Å². The van der Waals surface area contributed by atoms with E-state index in [9.17, 15) is 24.0 Å². The number of carbonyl (C=O) groups excluding carboxylic acids is 4. The summed E-state index contributed by atoms with van der Waals surface area (Å²) in [6.45, 7) is 16.4. The SMILES string of the molecule is CCc1c2c(nc3ccc(OC(=O)N4CCCN(C(=O)CC(C)(C)CC(=O)NCCCCOc5cc(CN(Cc6ccccn6)Cc6ccccn6)cc(CN(Cc6ccccn6)Cc6ccccn6)c5)CC4)cc13)-c1cc3c(c(=O)n1C2)COC(=O)C3C(C)C. The van der Waals surface area contributed by atoms with E-state index >= 15 is 0 Å². The van der Waals surface area contributed by atoms with Crippen LogP contribution in [0.15, 0.2) is 145 Å². The maximum Gasteiger partial charge on any atom is 0.415 e. The lowest BCUT2D eigenvalue weighted by molar-refractivity contribution is -0.149. The molecule has 3 amide bonds. The van der Waals surface area contributed by atoms with E-state index in [1.807, 2.05) is 143 Å². The van der Waals surface area contributed by atoms with Crippen LogP contribution in [-0.2, 0) is 78.0 Å². The number of nitrogens with zero attached hydrogens (tertiary/aromatic N) is 10. The zero-order valence-corrected chi connectivity index (χ0v) is 52.8. The minimum Gasteiger partial charge on any atom is -0.494 e. The number of unbranched alkanes of at least 4 members (excludes halogenated alkanes) is 1. The number of ether oxygens (including phenoxy) is 3. The van der Waals surface area contributed by atoms with Crippen LogP contribution < -0.4 is 20.3 Å². The van der Waals surface area contributed by atoms with Crippen molar-refractivity contribution in [1.82, 2.24) is 54.4 Å². The first kappa shape index (κ1) is 63.4. The molecule has 0 radical (unpaired) electrons. The van der Waals surface area contributed by atoms with E-state index < -0.39 is 17.4 Å². The molecule has 0 spiro atoms. The highest BCUT2D eigenvalue weighted by Gasteiger charge is 2.37. The van der Waals surface area contributed by atoms with Crippen molar-refractivity contribution in [2.45, 2.75) is 131 Å². The number of amides is 3. The molecule has 0 bridgehead atoms. The van der Waals surface area contributed by atoms with Gasteiger partial charge in [-0.2, -0.15) is 0 Å². The largest absolute Gasteiger partial charge is 0.494 e. The molecule has 1 N–H and O–H groups in total. The van der Waals surface area contributed by atoms with Crippen molar-refractivity contribution in [1.29, 1.82) is 0 Å². The highest BCUT2D eigenvalue weighted by atomic mass is 16.6. The molecule has 1 unspecified atom stereocenters. The van der Waals surface area contributed by atoms with Crippen LogP contribution in [0.4, 0.5) is 4.79 Å². The second-order valence-corrected chi connectivity index (χ2v) is 25.2. The van der Waals surface area contributed by atoms with Crippen LogP contribution in [0.25, 0.3) is 22.3 Å². The number of aromatic nitrogens is 6. The van der Waals surface area contributed by atoms with Crippen molar-refractivity contribution in [3.63, 3.8) is 0 Å². The minimum absolute atomic E-state index is 0.0442. The van der Waals surface area contributed by atoms with Gasteiger partial charge in [0.05, 0.1) is 64.3 Å². The molecule has 19 heteroatoms. The fourth-order valence-corrected chi connectivity index (χ4v) is 12.8. The topological polar surface area (TPSA) is 207 Å². The number of cyclic esters (lactones) is 1. The van der Waals surface area contributed by atoms with Crippen LogP contribution in [0.3, 0.4) is 0 Å². The number of hydrogen-bond acceptors (Lipinski definition) is 15. The van der Waals surface area contributed by atoms with Crippen LogP contribution in [0.5, 0.6) is 11.5 Å². The highest BCUT2D eigenvalue weighted by molar-refractivity contribution is 5.90.